The summed E-state index contributed by atoms with van der Waals surface area (Å²) in [6, 6.07) is 8.79. The van der Waals surface area contributed by atoms with E-state index in [-0.39, 0.29) is 0 Å². The van der Waals surface area contributed by atoms with E-state index >= 15 is 0 Å². The van der Waals surface area contributed by atoms with E-state index in [9.17, 15) is 0 Å². The second-order valence-electron chi connectivity index (χ2n) is 4.58. The molecule has 3 heteroatoms. The highest BCUT2D eigenvalue weighted by Crippen LogP contribution is 2.14. The lowest BCUT2D eigenvalue weighted by molar-refractivity contribution is 0.305. The summed E-state index contributed by atoms with van der Waals surface area (Å²) in [6.07, 6.45) is 2.86. The average Bonchev–Trinajstić information content (AvgIpc) is 2.74. The number of ether oxygens (including phenoxy) is 1. The van der Waals surface area contributed by atoms with Gasteiger partial charge in [-0.3, -0.25) is 0 Å². The third-order valence-corrected chi connectivity index (χ3v) is 2.95. The maximum absolute atomic E-state index is 5.62. The minimum Gasteiger partial charge on any atom is -0.478 e. The minimum atomic E-state index is 0.318. The van der Waals surface area contributed by atoms with E-state index in [4.69, 9.17) is 10.5 Å². The van der Waals surface area contributed by atoms with Crippen LogP contribution in [0.3, 0.4) is 0 Å². The van der Waals surface area contributed by atoms with Crippen LogP contribution >= 0.6 is 0 Å². The Balaban J connectivity index is 1.91. The van der Waals surface area contributed by atoms with E-state index in [1.165, 1.54) is 11.1 Å². The Bertz CT molecular complexity index is 401. The van der Waals surface area contributed by atoms with Crippen LogP contribution in [0.5, 0.6) is 0 Å². The molecule has 0 bridgehead atoms. The molecule has 2 N–H and O–H groups in total. The molecule has 3 nitrogen and oxygen atoms in total. The monoisotopic (exact) mass is 232 g/mol. The zero-order valence-corrected chi connectivity index (χ0v) is 10.4. The van der Waals surface area contributed by atoms with Gasteiger partial charge in [0.1, 0.15) is 6.61 Å². The van der Waals surface area contributed by atoms with Crippen LogP contribution in [0.1, 0.15) is 24.0 Å². The third-order valence-electron chi connectivity index (χ3n) is 2.95. The van der Waals surface area contributed by atoms with E-state index in [2.05, 4.69) is 36.2 Å². The fraction of sp³-hybridized carbons (Fsp3) is 0.500. The van der Waals surface area contributed by atoms with Crippen LogP contribution in [-0.2, 0) is 11.2 Å². The molecule has 0 aliphatic carbocycles. The molecule has 1 aliphatic heterocycles. The molecule has 0 radical (unpaired) electrons. The van der Waals surface area contributed by atoms with E-state index in [0.717, 1.165) is 38.3 Å². The second-order valence-corrected chi connectivity index (χ2v) is 4.58. The van der Waals surface area contributed by atoms with Crippen molar-refractivity contribution in [3.63, 3.8) is 0 Å². The lowest BCUT2D eigenvalue weighted by atomic mass is 10.1. The van der Waals surface area contributed by atoms with Crippen molar-refractivity contribution < 1.29 is 4.74 Å². The summed E-state index contributed by atoms with van der Waals surface area (Å²) in [5.74, 6) is 0.873. The quantitative estimate of drug-likeness (QED) is 0.845. The standard InChI is InChI=1S/C14H20N2O/c1-11-4-2-5-12(8-11)9-14-16-13(10-17-14)6-3-7-15/h2,4-5,8,13H,3,6-7,9-10,15H2,1H3. The molecular formula is C14H20N2O. The van der Waals surface area contributed by atoms with Crippen molar-refractivity contribution >= 4 is 5.90 Å². The van der Waals surface area contributed by atoms with Gasteiger partial charge < -0.3 is 10.5 Å². The molecule has 17 heavy (non-hydrogen) atoms. The van der Waals surface area contributed by atoms with Crippen LogP contribution in [0.2, 0.25) is 0 Å². The molecule has 1 unspecified atom stereocenters. The van der Waals surface area contributed by atoms with Crippen LogP contribution < -0.4 is 5.73 Å². The average molecular weight is 232 g/mol. The summed E-state index contributed by atoms with van der Waals surface area (Å²) in [5.41, 5.74) is 8.04. The number of hydrogen-bond donors (Lipinski definition) is 1. The highest BCUT2D eigenvalue weighted by Gasteiger charge is 2.18. The molecule has 1 atom stereocenters. The molecule has 1 aromatic rings. The molecule has 92 valence electrons. The van der Waals surface area contributed by atoms with Gasteiger partial charge in [-0.05, 0) is 31.9 Å². The van der Waals surface area contributed by atoms with Gasteiger partial charge in [0.2, 0.25) is 0 Å². The van der Waals surface area contributed by atoms with Gasteiger partial charge >= 0.3 is 0 Å². The molecule has 0 saturated heterocycles. The fourth-order valence-corrected chi connectivity index (χ4v) is 2.07. The summed E-state index contributed by atoms with van der Waals surface area (Å²) in [6.45, 7) is 3.56. The normalized spacial score (nSPS) is 18.9. The van der Waals surface area contributed by atoms with E-state index < -0.39 is 0 Å². The van der Waals surface area contributed by atoms with Crippen molar-refractivity contribution in [3.05, 3.63) is 35.4 Å². The number of rotatable bonds is 5. The number of benzene rings is 1. The lowest BCUT2D eigenvalue weighted by Gasteiger charge is -2.02. The minimum absolute atomic E-state index is 0.318. The molecule has 0 amide bonds. The molecule has 2 rings (SSSR count). The van der Waals surface area contributed by atoms with Crippen molar-refractivity contribution in [2.24, 2.45) is 10.7 Å². The SMILES string of the molecule is Cc1cccc(CC2=NC(CCCN)CO2)c1. The first-order chi connectivity index (χ1) is 8.28. The summed E-state index contributed by atoms with van der Waals surface area (Å²) < 4.78 is 5.62. The fourth-order valence-electron chi connectivity index (χ4n) is 2.07. The molecule has 0 fully saturated rings. The number of aliphatic imine (C=N–C) groups is 1. The Morgan fingerprint density at radius 1 is 1.47 bits per heavy atom. The van der Waals surface area contributed by atoms with Gasteiger partial charge in [-0.1, -0.05) is 29.8 Å². The van der Waals surface area contributed by atoms with Crippen molar-refractivity contribution in [1.82, 2.24) is 0 Å². The van der Waals surface area contributed by atoms with Crippen LogP contribution in [0.15, 0.2) is 29.3 Å². The summed E-state index contributed by atoms with van der Waals surface area (Å²) in [4.78, 5) is 4.59. The molecule has 1 aliphatic rings. The van der Waals surface area contributed by atoms with Gasteiger partial charge in [0.15, 0.2) is 5.90 Å². The summed E-state index contributed by atoms with van der Waals surface area (Å²) in [7, 11) is 0. The molecular weight excluding hydrogens is 212 g/mol. The second kappa shape index (κ2) is 5.82. The van der Waals surface area contributed by atoms with Gasteiger partial charge in [0, 0.05) is 6.42 Å². The van der Waals surface area contributed by atoms with E-state index in [1.54, 1.807) is 0 Å². The first-order valence-corrected chi connectivity index (χ1v) is 6.23. The molecule has 0 spiro atoms. The number of nitrogens with zero attached hydrogens (tertiary/aromatic N) is 1. The Kier molecular flexibility index (Phi) is 4.15. The lowest BCUT2D eigenvalue weighted by Crippen LogP contribution is -2.09. The van der Waals surface area contributed by atoms with Gasteiger partial charge in [-0.15, -0.1) is 0 Å². The third kappa shape index (κ3) is 3.56. The van der Waals surface area contributed by atoms with Crippen molar-refractivity contribution in [2.45, 2.75) is 32.2 Å². The summed E-state index contributed by atoms with van der Waals surface area (Å²) >= 11 is 0. The Labute approximate surface area is 103 Å². The highest BCUT2D eigenvalue weighted by atomic mass is 16.5. The van der Waals surface area contributed by atoms with Crippen molar-refractivity contribution in [3.8, 4) is 0 Å². The number of hydrogen-bond acceptors (Lipinski definition) is 3. The molecule has 0 aromatic heterocycles. The first kappa shape index (κ1) is 12.1. The topological polar surface area (TPSA) is 47.6 Å². The van der Waals surface area contributed by atoms with Crippen LogP contribution in [0.4, 0.5) is 0 Å². The predicted molar refractivity (Wildman–Crippen MR) is 70.3 cm³/mol. The molecule has 1 heterocycles. The van der Waals surface area contributed by atoms with Gasteiger partial charge in [-0.2, -0.15) is 0 Å². The highest BCUT2D eigenvalue weighted by molar-refractivity contribution is 5.80. The van der Waals surface area contributed by atoms with Gasteiger partial charge in [0.25, 0.3) is 0 Å². The molecule has 1 aromatic carbocycles. The smallest absolute Gasteiger partial charge is 0.188 e. The Morgan fingerprint density at radius 2 is 2.35 bits per heavy atom. The Morgan fingerprint density at radius 3 is 3.12 bits per heavy atom. The van der Waals surface area contributed by atoms with E-state index in [0.29, 0.717) is 6.04 Å². The zero-order chi connectivity index (χ0) is 12.1. The number of nitrogens with two attached hydrogens (primary N) is 1. The van der Waals surface area contributed by atoms with Crippen molar-refractivity contribution in [1.29, 1.82) is 0 Å². The van der Waals surface area contributed by atoms with Crippen LogP contribution in [0, 0.1) is 6.92 Å². The van der Waals surface area contributed by atoms with Crippen LogP contribution in [-0.4, -0.2) is 25.1 Å². The van der Waals surface area contributed by atoms with Gasteiger partial charge in [-0.25, -0.2) is 4.99 Å². The van der Waals surface area contributed by atoms with Crippen LogP contribution in [0.25, 0.3) is 0 Å². The summed E-state index contributed by atoms with van der Waals surface area (Å²) in [5, 5.41) is 0. The maximum atomic E-state index is 5.62. The molecule has 0 saturated carbocycles. The number of aryl methyl sites for hydroxylation is 1. The van der Waals surface area contributed by atoms with Crippen molar-refractivity contribution in [2.75, 3.05) is 13.2 Å². The zero-order valence-electron chi connectivity index (χ0n) is 10.4. The Hall–Kier alpha value is -1.35. The largest absolute Gasteiger partial charge is 0.478 e. The van der Waals surface area contributed by atoms with Gasteiger partial charge in [0.05, 0.1) is 6.04 Å². The van der Waals surface area contributed by atoms with E-state index in [1.807, 2.05) is 0 Å². The predicted octanol–water partition coefficient (Wildman–Crippen LogP) is 2.07. The first-order valence-electron chi connectivity index (χ1n) is 6.23. The maximum Gasteiger partial charge on any atom is 0.188 e.